The first kappa shape index (κ1) is 19.9. The van der Waals surface area contributed by atoms with Crippen LogP contribution in [0.5, 0.6) is 0 Å². The first-order chi connectivity index (χ1) is 12.4. The number of guanidine groups is 1. The number of nitrogens with one attached hydrogen (secondary N) is 2. The Morgan fingerprint density at radius 3 is 2.19 bits per heavy atom. The van der Waals surface area contributed by atoms with Crippen molar-refractivity contribution in [3.63, 3.8) is 0 Å². The Morgan fingerprint density at radius 1 is 0.962 bits per heavy atom. The largest absolute Gasteiger partial charge is 0.371 e. The van der Waals surface area contributed by atoms with Crippen LogP contribution >= 0.6 is 0 Å². The van der Waals surface area contributed by atoms with E-state index < -0.39 is 0 Å². The molecule has 0 fully saturated rings. The number of aliphatic imine (C=N–C) groups is 1. The van der Waals surface area contributed by atoms with Gasteiger partial charge in [-0.2, -0.15) is 0 Å². The fraction of sp³-hybridized carbons (Fsp3) is 0.381. The van der Waals surface area contributed by atoms with Gasteiger partial charge < -0.3 is 15.4 Å². The molecule has 0 bridgehead atoms. The summed E-state index contributed by atoms with van der Waals surface area (Å²) in [5.41, 5.74) is 3.15. The lowest BCUT2D eigenvalue weighted by Gasteiger charge is -2.19. The van der Waals surface area contributed by atoms with E-state index in [4.69, 9.17) is 4.74 Å². The number of benzene rings is 2. The quantitative estimate of drug-likeness (QED) is 0.607. The molecule has 0 saturated heterocycles. The molecule has 140 valence electrons. The number of ether oxygens (including phenoxy) is 1. The van der Waals surface area contributed by atoms with Crippen molar-refractivity contribution in [2.75, 3.05) is 7.05 Å². The molecule has 0 unspecified atom stereocenters. The fourth-order valence-corrected chi connectivity index (χ4v) is 2.32. The number of hydrogen-bond donors (Lipinski definition) is 2. The van der Waals surface area contributed by atoms with Crippen molar-refractivity contribution >= 4 is 5.96 Å². The van der Waals surface area contributed by atoms with Crippen molar-refractivity contribution in [2.24, 2.45) is 4.99 Å². The van der Waals surface area contributed by atoms with E-state index in [0.29, 0.717) is 25.7 Å². The second-order valence-electron chi connectivity index (χ2n) is 7.13. The van der Waals surface area contributed by atoms with Crippen LogP contribution in [-0.2, 0) is 24.4 Å². The van der Waals surface area contributed by atoms with Crippen molar-refractivity contribution in [1.82, 2.24) is 10.6 Å². The van der Waals surface area contributed by atoms with Gasteiger partial charge in [0.25, 0.3) is 0 Å². The van der Waals surface area contributed by atoms with E-state index in [-0.39, 0.29) is 11.4 Å². The highest BCUT2D eigenvalue weighted by atomic mass is 19.1. The molecule has 0 amide bonds. The Labute approximate surface area is 155 Å². The van der Waals surface area contributed by atoms with Crippen LogP contribution in [0.2, 0.25) is 0 Å². The molecule has 0 aliphatic rings. The molecule has 4 nitrogen and oxygen atoms in total. The van der Waals surface area contributed by atoms with Crippen LogP contribution in [0, 0.1) is 5.82 Å². The SMILES string of the molecule is CN=C(NCc1ccc(F)cc1)NCc1cccc(COC(C)(C)C)c1. The third-order valence-electron chi connectivity index (χ3n) is 3.72. The van der Waals surface area contributed by atoms with Crippen LogP contribution in [0.1, 0.15) is 37.5 Å². The molecule has 0 aromatic heterocycles. The summed E-state index contributed by atoms with van der Waals surface area (Å²) in [6.07, 6.45) is 0. The van der Waals surface area contributed by atoms with Gasteiger partial charge in [0.1, 0.15) is 5.82 Å². The molecule has 0 saturated carbocycles. The third kappa shape index (κ3) is 7.23. The number of rotatable bonds is 6. The topological polar surface area (TPSA) is 45.7 Å². The molecule has 5 heteroatoms. The summed E-state index contributed by atoms with van der Waals surface area (Å²) < 4.78 is 18.8. The lowest BCUT2D eigenvalue weighted by atomic mass is 10.1. The van der Waals surface area contributed by atoms with Gasteiger partial charge in [-0.25, -0.2) is 4.39 Å². The molecule has 26 heavy (non-hydrogen) atoms. The highest BCUT2D eigenvalue weighted by Gasteiger charge is 2.10. The van der Waals surface area contributed by atoms with Crippen molar-refractivity contribution in [1.29, 1.82) is 0 Å². The zero-order valence-corrected chi connectivity index (χ0v) is 16.0. The number of halogens is 1. The maximum absolute atomic E-state index is 12.9. The maximum atomic E-state index is 12.9. The van der Waals surface area contributed by atoms with Gasteiger partial charge in [0.05, 0.1) is 12.2 Å². The maximum Gasteiger partial charge on any atom is 0.191 e. The molecule has 0 aliphatic carbocycles. The van der Waals surface area contributed by atoms with Crippen molar-refractivity contribution in [3.8, 4) is 0 Å². The fourth-order valence-electron chi connectivity index (χ4n) is 2.32. The van der Waals surface area contributed by atoms with E-state index in [0.717, 1.165) is 16.7 Å². The van der Waals surface area contributed by atoms with E-state index in [1.54, 1.807) is 19.2 Å². The molecule has 0 atom stereocenters. The summed E-state index contributed by atoms with van der Waals surface area (Å²) in [5.74, 6) is 0.470. The Bertz CT molecular complexity index is 721. The minimum atomic E-state index is -0.230. The third-order valence-corrected chi connectivity index (χ3v) is 3.72. The van der Waals surface area contributed by atoms with Gasteiger partial charge >= 0.3 is 0 Å². The molecular weight excluding hydrogens is 329 g/mol. The van der Waals surface area contributed by atoms with Crippen LogP contribution < -0.4 is 10.6 Å². The normalized spacial score (nSPS) is 12.1. The Balaban J connectivity index is 1.85. The lowest BCUT2D eigenvalue weighted by Crippen LogP contribution is -2.36. The summed E-state index contributed by atoms with van der Waals surface area (Å²) in [6.45, 7) is 7.99. The average molecular weight is 357 g/mol. The monoisotopic (exact) mass is 357 g/mol. The van der Waals surface area contributed by atoms with E-state index in [1.165, 1.54) is 12.1 Å². The Morgan fingerprint density at radius 2 is 1.58 bits per heavy atom. The molecule has 2 N–H and O–H groups in total. The van der Waals surface area contributed by atoms with Crippen LogP contribution in [0.4, 0.5) is 4.39 Å². The second kappa shape index (κ2) is 9.34. The van der Waals surface area contributed by atoms with Gasteiger partial charge in [0, 0.05) is 20.1 Å². The smallest absolute Gasteiger partial charge is 0.191 e. The number of hydrogen-bond acceptors (Lipinski definition) is 2. The predicted octanol–water partition coefficient (Wildman–Crippen LogP) is 4.01. The van der Waals surface area contributed by atoms with Crippen LogP contribution in [0.3, 0.4) is 0 Å². The van der Waals surface area contributed by atoms with Gasteiger partial charge in [0.2, 0.25) is 0 Å². The minimum absolute atomic E-state index is 0.152. The van der Waals surface area contributed by atoms with E-state index in [2.05, 4.69) is 54.6 Å². The van der Waals surface area contributed by atoms with Crippen molar-refractivity contribution in [2.45, 2.75) is 46.1 Å². The summed E-state index contributed by atoms with van der Waals surface area (Å²) in [7, 11) is 1.73. The van der Waals surface area contributed by atoms with Gasteiger partial charge in [-0.05, 0) is 49.6 Å². The highest BCUT2D eigenvalue weighted by molar-refractivity contribution is 5.79. The molecule has 0 aliphatic heterocycles. The summed E-state index contributed by atoms with van der Waals surface area (Å²) in [6, 6.07) is 14.7. The predicted molar refractivity (Wildman–Crippen MR) is 104 cm³/mol. The van der Waals surface area contributed by atoms with Gasteiger partial charge in [-0.3, -0.25) is 4.99 Å². The van der Waals surface area contributed by atoms with E-state index in [1.807, 2.05) is 6.07 Å². The molecule has 0 heterocycles. The Kier molecular flexibility index (Phi) is 7.16. The molecule has 0 radical (unpaired) electrons. The van der Waals surface area contributed by atoms with Crippen LogP contribution in [0.15, 0.2) is 53.5 Å². The molecular formula is C21H28FN3O. The molecule has 2 aromatic rings. The van der Waals surface area contributed by atoms with Gasteiger partial charge in [-0.1, -0.05) is 36.4 Å². The van der Waals surface area contributed by atoms with E-state index >= 15 is 0 Å². The van der Waals surface area contributed by atoms with Crippen molar-refractivity contribution in [3.05, 3.63) is 71.0 Å². The van der Waals surface area contributed by atoms with Gasteiger partial charge in [-0.15, -0.1) is 0 Å². The Hall–Kier alpha value is -2.40. The number of nitrogens with zero attached hydrogens (tertiary/aromatic N) is 1. The first-order valence-electron chi connectivity index (χ1n) is 8.76. The zero-order valence-electron chi connectivity index (χ0n) is 16.0. The second-order valence-corrected chi connectivity index (χ2v) is 7.13. The molecule has 2 aromatic carbocycles. The standard InChI is InChI=1S/C21H28FN3O/c1-21(2,3)26-15-18-7-5-6-17(12-18)14-25-20(23-4)24-13-16-8-10-19(22)11-9-16/h5-12H,13-15H2,1-4H3,(H2,23,24,25). The minimum Gasteiger partial charge on any atom is -0.371 e. The summed E-state index contributed by atoms with van der Waals surface area (Å²) in [4.78, 5) is 4.22. The van der Waals surface area contributed by atoms with Crippen LogP contribution in [0.25, 0.3) is 0 Å². The molecule has 2 rings (SSSR count). The highest BCUT2D eigenvalue weighted by Crippen LogP contribution is 2.13. The van der Waals surface area contributed by atoms with E-state index in [9.17, 15) is 4.39 Å². The van der Waals surface area contributed by atoms with Crippen molar-refractivity contribution < 1.29 is 9.13 Å². The van der Waals surface area contributed by atoms with Crippen LogP contribution in [-0.4, -0.2) is 18.6 Å². The first-order valence-corrected chi connectivity index (χ1v) is 8.76. The van der Waals surface area contributed by atoms with Gasteiger partial charge in [0.15, 0.2) is 5.96 Å². The zero-order chi connectivity index (χ0) is 19.0. The summed E-state index contributed by atoms with van der Waals surface area (Å²) >= 11 is 0. The summed E-state index contributed by atoms with van der Waals surface area (Å²) in [5, 5.41) is 6.52. The lowest BCUT2D eigenvalue weighted by molar-refractivity contribution is -0.0149. The average Bonchev–Trinajstić information content (AvgIpc) is 2.61. The molecule has 0 spiro atoms.